The van der Waals surface area contributed by atoms with E-state index in [1.54, 1.807) is 7.11 Å². The highest BCUT2D eigenvalue weighted by molar-refractivity contribution is 5.38. The molecule has 2 aromatic rings. The summed E-state index contributed by atoms with van der Waals surface area (Å²) in [7, 11) is 1.79. The number of nitrogens with zero attached hydrogens (tertiary/aromatic N) is 4. The van der Waals surface area contributed by atoms with Crippen LogP contribution in [-0.4, -0.2) is 54.7 Å². The lowest BCUT2D eigenvalue weighted by Crippen LogP contribution is -2.48. The van der Waals surface area contributed by atoms with Crippen LogP contribution >= 0.6 is 0 Å². The number of aromatic nitrogens is 2. The molecule has 1 aromatic carbocycles. The number of hydrogen-bond donors (Lipinski definition) is 0. The van der Waals surface area contributed by atoms with E-state index in [0.29, 0.717) is 5.92 Å². The molecule has 5 nitrogen and oxygen atoms in total. The van der Waals surface area contributed by atoms with E-state index in [0.717, 1.165) is 44.4 Å². The van der Waals surface area contributed by atoms with Crippen molar-refractivity contribution in [2.75, 3.05) is 44.7 Å². The fourth-order valence-corrected chi connectivity index (χ4v) is 3.20. The summed E-state index contributed by atoms with van der Waals surface area (Å²) in [6, 6.07) is 12.5. The Labute approximate surface area is 150 Å². The van der Waals surface area contributed by atoms with Crippen molar-refractivity contribution in [2.45, 2.75) is 25.9 Å². The van der Waals surface area contributed by atoms with Gasteiger partial charge >= 0.3 is 0 Å². The van der Waals surface area contributed by atoms with E-state index < -0.39 is 0 Å². The van der Waals surface area contributed by atoms with E-state index in [9.17, 15) is 0 Å². The maximum atomic E-state index is 5.72. The first-order valence-corrected chi connectivity index (χ1v) is 9.05. The van der Waals surface area contributed by atoms with Gasteiger partial charge in [0, 0.05) is 51.9 Å². The molecule has 1 unspecified atom stereocenters. The molecule has 3 rings (SSSR count). The van der Waals surface area contributed by atoms with E-state index in [4.69, 9.17) is 9.72 Å². The average Bonchev–Trinajstić information content (AvgIpc) is 2.67. The predicted molar refractivity (Wildman–Crippen MR) is 101 cm³/mol. The Bertz CT molecular complexity index is 654. The molecular formula is C20H28N4O. The quantitative estimate of drug-likeness (QED) is 0.808. The third-order valence-corrected chi connectivity index (χ3v) is 4.75. The zero-order valence-corrected chi connectivity index (χ0v) is 15.4. The molecule has 1 aliphatic rings. The lowest BCUT2D eigenvalue weighted by atomic mass is 10.1. The molecule has 0 N–H and O–H groups in total. The molecule has 0 aliphatic carbocycles. The van der Waals surface area contributed by atoms with Crippen LogP contribution in [0.2, 0.25) is 0 Å². The Morgan fingerprint density at radius 3 is 2.40 bits per heavy atom. The topological polar surface area (TPSA) is 41.5 Å². The molecule has 0 amide bonds. The summed E-state index contributed by atoms with van der Waals surface area (Å²) in [6.07, 6.45) is 2.00. The Balaban J connectivity index is 1.57. The van der Waals surface area contributed by atoms with Crippen LogP contribution in [0.1, 0.15) is 37.3 Å². The number of anilines is 1. The summed E-state index contributed by atoms with van der Waals surface area (Å²) < 4.78 is 5.72. The van der Waals surface area contributed by atoms with Crippen molar-refractivity contribution in [2.24, 2.45) is 0 Å². The van der Waals surface area contributed by atoms with Crippen LogP contribution in [0.4, 0.5) is 5.82 Å². The summed E-state index contributed by atoms with van der Waals surface area (Å²) in [5.74, 6) is 2.32. The molecule has 25 heavy (non-hydrogen) atoms. The lowest BCUT2D eigenvalue weighted by Gasteiger charge is -2.37. The van der Waals surface area contributed by atoms with E-state index in [2.05, 4.69) is 52.9 Å². The van der Waals surface area contributed by atoms with Crippen molar-refractivity contribution in [1.82, 2.24) is 14.9 Å². The summed E-state index contributed by atoms with van der Waals surface area (Å²) in [5.41, 5.74) is 1.24. The summed E-state index contributed by atoms with van der Waals surface area (Å²) in [6.45, 7) is 9.20. The summed E-state index contributed by atoms with van der Waals surface area (Å²) in [4.78, 5) is 13.9. The number of ether oxygens (including phenoxy) is 1. The van der Waals surface area contributed by atoms with Gasteiger partial charge in [-0.1, -0.05) is 44.2 Å². The van der Waals surface area contributed by atoms with Gasteiger partial charge in [0.1, 0.15) is 11.6 Å². The number of benzene rings is 1. The number of rotatable bonds is 6. The van der Waals surface area contributed by atoms with Crippen LogP contribution in [0.15, 0.2) is 42.6 Å². The number of piperazine rings is 1. The molecule has 1 saturated heterocycles. The zero-order chi connectivity index (χ0) is 17.6. The molecule has 5 heteroatoms. The highest BCUT2D eigenvalue weighted by atomic mass is 16.5. The predicted octanol–water partition coefficient (Wildman–Crippen LogP) is 3.11. The molecule has 0 spiro atoms. The van der Waals surface area contributed by atoms with Crippen LogP contribution in [0.3, 0.4) is 0 Å². The molecule has 134 valence electrons. The smallest absolute Gasteiger partial charge is 0.133 e. The van der Waals surface area contributed by atoms with Crippen molar-refractivity contribution < 1.29 is 4.74 Å². The first-order valence-electron chi connectivity index (χ1n) is 9.05. The highest BCUT2D eigenvalue weighted by Gasteiger charge is 2.22. The zero-order valence-electron chi connectivity index (χ0n) is 15.4. The largest absolute Gasteiger partial charge is 0.375 e. The van der Waals surface area contributed by atoms with Gasteiger partial charge < -0.3 is 9.64 Å². The van der Waals surface area contributed by atoms with Gasteiger partial charge in [0.25, 0.3) is 0 Å². The molecule has 0 radical (unpaired) electrons. The lowest BCUT2D eigenvalue weighted by molar-refractivity contribution is 0.0615. The van der Waals surface area contributed by atoms with E-state index in [1.807, 2.05) is 18.3 Å². The third-order valence-electron chi connectivity index (χ3n) is 4.75. The Hall–Kier alpha value is -1.98. The molecule has 2 heterocycles. The first-order chi connectivity index (χ1) is 12.2. The Kier molecular flexibility index (Phi) is 6.00. The van der Waals surface area contributed by atoms with Crippen LogP contribution in [0.25, 0.3) is 0 Å². The minimum atomic E-state index is 0.124. The van der Waals surface area contributed by atoms with Gasteiger partial charge in [0.2, 0.25) is 0 Å². The van der Waals surface area contributed by atoms with Crippen LogP contribution in [0.5, 0.6) is 0 Å². The van der Waals surface area contributed by atoms with Crippen LogP contribution in [-0.2, 0) is 4.74 Å². The SMILES string of the molecule is COC(CN1CCN(c2ccnc(C(C)C)n2)CC1)c1ccccc1. The van der Waals surface area contributed by atoms with Crippen molar-refractivity contribution >= 4 is 5.82 Å². The number of hydrogen-bond acceptors (Lipinski definition) is 5. The average molecular weight is 340 g/mol. The molecular weight excluding hydrogens is 312 g/mol. The molecule has 0 bridgehead atoms. The highest BCUT2D eigenvalue weighted by Crippen LogP contribution is 2.20. The summed E-state index contributed by atoms with van der Waals surface area (Å²) >= 11 is 0. The maximum absolute atomic E-state index is 5.72. The second-order valence-electron chi connectivity index (χ2n) is 6.85. The third kappa shape index (κ3) is 4.55. The minimum Gasteiger partial charge on any atom is -0.375 e. The normalized spacial score (nSPS) is 17.0. The fourth-order valence-electron chi connectivity index (χ4n) is 3.20. The van der Waals surface area contributed by atoms with Gasteiger partial charge in [-0.25, -0.2) is 9.97 Å². The second-order valence-corrected chi connectivity index (χ2v) is 6.85. The summed E-state index contributed by atoms with van der Waals surface area (Å²) in [5, 5.41) is 0. The van der Waals surface area contributed by atoms with Gasteiger partial charge in [-0.3, -0.25) is 4.90 Å². The van der Waals surface area contributed by atoms with Crippen LogP contribution in [0, 0.1) is 0 Å². The Morgan fingerprint density at radius 1 is 1.04 bits per heavy atom. The molecule has 1 aliphatic heterocycles. The van der Waals surface area contributed by atoms with Crippen LogP contribution < -0.4 is 4.90 Å². The molecule has 1 aromatic heterocycles. The van der Waals surface area contributed by atoms with Gasteiger partial charge in [0.15, 0.2) is 0 Å². The number of methoxy groups -OCH3 is 1. The van der Waals surface area contributed by atoms with E-state index >= 15 is 0 Å². The van der Waals surface area contributed by atoms with Crippen molar-refractivity contribution in [3.63, 3.8) is 0 Å². The van der Waals surface area contributed by atoms with Gasteiger partial charge in [-0.15, -0.1) is 0 Å². The van der Waals surface area contributed by atoms with Gasteiger partial charge in [0.05, 0.1) is 6.10 Å². The van der Waals surface area contributed by atoms with E-state index in [-0.39, 0.29) is 6.10 Å². The van der Waals surface area contributed by atoms with Crippen molar-refractivity contribution in [1.29, 1.82) is 0 Å². The minimum absolute atomic E-state index is 0.124. The second kappa shape index (κ2) is 8.41. The van der Waals surface area contributed by atoms with E-state index in [1.165, 1.54) is 5.56 Å². The standard InChI is InChI=1S/C20H28N4O/c1-16(2)20-21-10-9-19(22-20)24-13-11-23(12-14-24)15-18(25-3)17-7-5-4-6-8-17/h4-10,16,18H,11-15H2,1-3H3. The Morgan fingerprint density at radius 2 is 1.76 bits per heavy atom. The monoisotopic (exact) mass is 340 g/mol. The first kappa shape index (κ1) is 17.8. The molecule has 0 saturated carbocycles. The van der Waals surface area contributed by atoms with Crippen molar-refractivity contribution in [3.8, 4) is 0 Å². The van der Waals surface area contributed by atoms with Gasteiger partial charge in [-0.05, 0) is 11.6 Å². The van der Waals surface area contributed by atoms with Crippen molar-refractivity contribution in [3.05, 3.63) is 54.0 Å². The molecule has 1 atom stereocenters. The molecule has 1 fully saturated rings. The maximum Gasteiger partial charge on any atom is 0.133 e. The van der Waals surface area contributed by atoms with Gasteiger partial charge in [-0.2, -0.15) is 0 Å². The fraction of sp³-hybridized carbons (Fsp3) is 0.500.